The summed E-state index contributed by atoms with van der Waals surface area (Å²) in [7, 11) is 4.86. The summed E-state index contributed by atoms with van der Waals surface area (Å²) in [5.74, 6) is 0.918. The summed E-state index contributed by atoms with van der Waals surface area (Å²) in [6.07, 6.45) is 0.0822. The zero-order chi connectivity index (χ0) is 30.5. The summed E-state index contributed by atoms with van der Waals surface area (Å²) in [6, 6.07) is 20.7. The van der Waals surface area contributed by atoms with E-state index in [0.717, 1.165) is 16.7 Å². The van der Waals surface area contributed by atoms with Crippen molar-refractivity contribution in [3.63, 3.8) is 0 Å². The Morgan fingerprint density at radius 2 is 1.63 bits per heavy atom. The lowest BCUT2D eigenvalue weighted by atomic mass is 9.98. The van der Waals surface area contributed by atoms with Crippen LogP contribution in [0.3, 0.4) is 0 Å². The number of nitrogens with zero attached hydrogens (tertiary/aromatic N) is 4. The van der Waals surface area contributed by atoms with E-state index in [1.54, 1.807) is 65.4 Å². The lowest BCUT2D eigenvalue weighted by Gasteiger charge is -2.54. The predicted octanol–water partition coefficient (Wildman–Crippen LogP) is 2.63. The fourth-order valence-electron chi connectivity index (χ4n) is 5.72. The third kappa shape index (κ3) is 6.51. The third-order valence-electron chi connectivity index (χ3n) is 7.92. The second-order valence-electron chi connectivity index (χ2n) is 10.7. The van der Waals surface area contributed by atoms with Crippen molar-refractivity contribution in [2.75, 3.05) is 40.9 Å². The summed E-state index contributed by atoms with van der Waals surface area (Å²) < 4.78 is 10.8. The second kappa shape index (κ2) is 13.0. The minimum atomic E-state index is -0.820. The van der Waals surface area contributed by atoms with Crippen molar-refractivity contribution >= 4 is 17.8 Å². The number of likely N-dealkylation sites (N-methyl/N-ethyl adjacent to an activating group) is 1. The Balaban J connectivity index is 1.42. The molecule has 11 heteroatoms. The number of hydrogen-bond donors (Lipinski definition) is 2. The number of rotatable bonds is 9. The van der Waals surface area contributed by atoms with Crippen molar-refractivity contribution in [1.82, 2.24) is 25.1 Å². The Morgan fingerprint density at radius 1 is 0.930 bits per heavy atom. The van der Waals surface area contributed by atoms with Gasteiger partial charge in [-0.05, 0) is 47.4 Å². The molecule has 4 amide bonds. The smallest absolute Gasteiger partial charge is 0.334 e. The number of hydrazine groups is 1. The number of phenols is 1. The highest BCUT2D eigenvalue weighted by molar-refractivity contribution is 5.91. The first kappa shape index (κ1) is 29.7. The van der Waals surface area contributed by atoms with E-state index < -0.39 is 12.2 Å². The summed E-state index contributed by atoms with van der Waals surface area (Å²) in [4.78, 5) is 44.4. The van der Waals surface area contributed by atoms with Crippen molar-refractivity contribution in [2.45, 2.75) is 31.6 Å². The number of benzene rings is 3. The monoisotopic (exact) mass is 587 g/mol. The van der Waals surface area contributed by atoms with Crippen LogP contribution in [0.4, 0.5) is 4.79 Å². The molecule has 2 aliphatic rings. The van der Waals surface area contributed by atoms with Gasteiger partial charge in [0.2, 0.25) is 11.8 Å². The summed E-state index contributed by atoms with van der Waals surface area (Å²) in [5, 5.41) is 15.9. The normalized spacial score (nSPS) is 18.8. The van der Waals surface area contributed by atoms with Crippen LogP contribution in [-0.4, -0.2) is 95.9 Å². The number of phenolic OH excluding ortho intramolecular Hbond substituents is 1. The van der Waals surface area contributed by atoms with Crippen molar-refractivity contribution in [1.29, 1.82) is 0 Å². The third-order valence-corrected chi connectivity index (χ3v) is 7.92. The molecule has 2 unspecified atom stereocenters. The number of fused-ring (bicyclic) bond motifs is 1. The number of nitrogens with one attached hydrogen (secondary N) is 1. The molecule has 2 aliphatic heterocycles. The van der Waals surface area contributed by atoms with Gasteiger partial charge >= 0.3 is 6.03 Å². The van der Waals surface area contributed by atoms with Gasteiger partial charge in [-0.15, -0.1) is 0 Å². The molecule has 3 aromatic rings. The molecule has 11 nitrogen and oxygen atoms in total. The average molecular weight is 588 g/mol. The Labute approximate surface area is 251 Å². The zero-order valence-corrected chi connectivity index (χ0v) is 24.6. The molecule has 5 rings (SSSR count). The number of amides is 4. The van der Waals surface area contributed by atoms with Gasteiger partial charge in [-0.2, -0.15) is 0 Å². The van der Waals surface area contributed by atoms with Gasteiger partial charge in [0, 0.05) is 26.6 Å². The molecule has 2 fully saturated rings. The number of methoxy groups -OCH3 is 2. The fourth-order valence-corrected chi connectivity index (χ4v) is 5.72. The quantitative estimate of drug-likeness (QED) is 0.396. The van der Waals surface area contributed by atoms with Crippen molar-refractivity contribution < 1.29 is 29.0 Å². The summed E-state index contributed by atoms with van der Waals surface area (Å²) in [6.45, 7) is 0.818. The molecule has 43 heavy (non-hydrogen) atoms. The van der Waals surface area contributed by atoms with E-state index in [2.05, 4.69) is 5.32 Å². The Kier molecular flexibility index (Phi) is 9.01. The van der Waals surface area contributed by atoms with Gasteiger partial charge < -0.3 is 29.7 Å². The van der Waals surface area contributed by atoms with Gasteiger partial charge in [0.15, 0.2) is 11.5 Å². The van der Waals surface area contributed by atoms with Gasteiger partial charge in [0.25, 0.3) is 0 Å². The van der Waals surface area contributed by atoms with Crippen LogP contribution in [0, 0.1) is 0 Å². The molecule has 0 saturated carbocycles. The Hall–Kier alpha value is -4.77. The van der Waals surface area contributed by atoms with E-state index in [9.17, 15) is 19.5 Å². The van der Waals surface area contributed by atoms with Crippen LogP contribution >= 0.6 is 0 Å². The van der Waals surface area contributed by atoms with Crippen LogP contribution in [0.15, 0.2) is 72.8 Å². The molecule has 0 aromatic heterocycles. The highest BCUT2D eigenvalue weighted by Crippen LogP contribution is 2.30. The van der Waals surface area contributed by atoms with Crippen LogP contribution in [0.25, 0.3) is 0 Å². The summed E-state index contributed by atoms with van der Waals surface area (Å²) >= 11 is 0. The van der Waals surface area contributed by atoms with Crippen molar-refractivity contribution in [3.05, 3.63) is 89.5 Å². The largest absolute Gasteiger partial charge is 0.508 e. The average Bonchev–Trinajstić information content (AvgIpc) is 3.01. The van der Waals surface area contributed by atoms with Crippen LogP contribution < -0.4 is 14.8 Å². The van der Waals surface area contributed by atoms with E-state index in [4.69, 9.17) is 9.47 Å². The Morgan fingerprint density at radius 3 is 2.33 bits per heavy atom. The van der Waals surface area contributed by atoms with E-state index in [1.807, 2.05) is 48.5 Å². The van der Waals surface area contributed by atoms with Crippen molar-refractivity contribution in [2.24, 2.45) is 0 Å². The lowest BCUT2D eigenvalue weighted by Crippen LogP contribution is -2.76. The number of carbonyl (C=O) groups excluding carboxylic acids is 3. The number of ether oxygens (including phenoxy) is 2. The molecule has 2 heterocycles. The van der Waals surface area contributed by atoms with Gasteiger partial charge in [-0.3, -0.25) is 9.59 Å². The zero-order valence-electron chi connectivity index (χ0n) is 24.6. The minimum absolute atomic E-state index is 0.0414. The predicted molar refractivity (Wildman–Crippen MR) is 159 cm³/mol. The number of aromatic hydroxyl groups is 1. The highest BCUT2D eigenvalue weighted by atomic mass is 16.5. The van der Waals surface area contributed by atoms with Gasteiger partial charge in [-0.1, -0.05) is 48.5 Å². The molecule has 226 valence electrons. The lowest BCUT2D eigenvalue weighted by molar-refractivity contribution is -0.186. The molecule has 3 aromatic carbocycles. The first-order chi connectivity index (χ1) is 20.8. The molecule has 2 N–H and O–H groups in total. The minimum Gasteiger partial charge on any atom is -0.508 e. The molecule has 0 bridgehead atoms. The maximum absolute atomic E-state index is 14.0. The van der Waals surface area contributed by atoms with Crippen LogP contribution in [0.5, 0.6) is 17.2 Å². The molecule has 2 atom stereocenters. The van der Waals surface area contributed by atoms with Crippen LogP contribution in [0.2, 0.25) is 0 Å². The first-order valence-corrected chi connectivity index (χ1v) is 14.2. The number of carbonyl (C=O) groups is 3. The van der Waals surface area contributed by atoms with E-state index in [0.29, 0.717) is 31.0 Å². The van der Waals surface area contributed by atoms with Gasteiger partial charge in [0.05, 0.1) is 27.3 Å². The molecule has 0 radical (unpaired) electrons. The second-order valence-corrected chi connectivity index (χ2v) is 10.7. The fraction of sp³-hybridized carbons (Fsp3) is 0.344. The molecule has 0 spiro atoms. The SMILES string of the molecule is COc1ccc(CCN2CC3N(C(=O)CN(C)N3C(=O)NCc3ccccc3)C(Cc3ccc(O)cc3)C2=O)cc1OC. The molecular formula is C32H37N5O6. The Bertz CT molecular complexity index is 1450. The number of piperazine rings is 1. The van der Waals surface area contributed by atoms with Crippen LogP contribution in [-0.2, 0) is 29.0 Å². The number of urea groups is 1. The standard InChI is InChI=1S/C32H37N5O6/c1-34-21-30(39)36-26(17-22-9-12-25(38)13-10-22)31(40)35(16-15-23-11-14-27(42-2)28(18-23)43-3)20-29(36)37(34)32(41)33-19-24-7-5-4-6-8-24/h4-14,18,26,29,38H,15-17,19-21H2,1-3H3,(H,33,41). The van der Waals surface area contributed by atoms with E-state index in [1.165, 1.54) is 0 Å². The molecule has 0 aliphatic carbocycles. The molecule has 2 saturated heterocycles. The van der Waals surface area contributed by atoms with Gasteiger partial charge in [-0.25, -0.2) is 14.8 Å². The topological polar surface area (TPSA) is 115 Å². The first-order valence-electron chi connectivity index (χ1n) is 14.2. The summed E-state index contributed by atoms with van der Waals surface area (Å²) in [5.41, 5.74) is 2.70. The van der Waals surface area contributed by atoms with E-state index >= 15 is 0 Å². The van der Waals surface area contributed by atoms with Crippen molar-refractivity contribution in [3.8, 4) is 17.2 Å². The highest BCUT2D eigenvalue weighted by Gasteiger charge is 2.50. The van der Waals surface area contributed by atoms with E-state index in [-0.39, 0.29) is 43.1 Å². The molecular weight excluding hydrogens is 550 g/mol. The van der Waals surface area contributed by atoms with Crippen LogP contribution in [0.1, 0.15) is 16.7 Å². The maximum Gasteiger partial charge on any atom is 0.334 e. The van der Waals surface area contributed by atoms with Gasteiger partial charge in [0.1, 0.15) is 18.0 Å². The number of hydrogen-bond acceptors (Lipinski definition) is 7. The maximum atomic E-state index is 14.0.